The van der Waals surface area contributed by atoms with E-state index in [0.717, 1.165) is 30.2 Å². The van der Waals surface area contributed by atoms with E-state index in [-0.39, 0.29) is 5.91 Å². The van der Waals surface area contributed by atoms with Crippen LogP contribution in [0.5, 0.6) is 5.75 Å². The summed E-state index contributed by atoms with van der Waals surface area (Å²) >= 11 is 0. The van der Waals surface area contributed by atoms with Gasteiger partial charge in [-0.05, 0) is 24.3 Å². The van der Waals surface area contributed by atoms with E-state index in [1.165, 1.54) is 0 Å². The van der Waals surface area contributed by atoms with Gasteiger partial charge in [-0.2, -0.15) is 0 Å². The molecule has 25 heavy (non-hydrogen) atoms. The molecule has 3 rings (SSSR count). The van der Waals surface area contributed by atoms with Gasteiger partial charge in [0.1, 0.15) is 5.75 Å². The van der Waals surface area contributed by atoms with Crippen molar-refractivity contribution in [2.75, 3.05) is 38.2 Å². The van der Waals surface area contributed by atoms with E-state index < -0.39 is 6.04 Å². The zero-order chi connectivity index (χ0) is 17.6. The van der Waals surface area contributed by atoms with Crippen LogP contribution in [0.3, 0.4) is 0 Å². The lowest BCUT2D eigenvalue weighted by atomic mass is 10.1. The highest BCUT2D eigenvalue weighted by molar-refractivity contribution is 5.82. The molecule has 1 aromatic heterocycles. The summed E-state index contributed by atoms with van der Waals surface area (Å²) in [7, 11) is 1.68. The van der Waals surface area contributed by atoms with Crippen LogP contribution in [0.1, 0.15) is 5.69 Å². The van der Waals surface area contributed by atoms with Gasteiger partial charge in [0.15, 0.2) is 0 Å². The normalized spacial score (nSPS) is 15.8. The number of carbonyl (C=O) groups excluding carboxylic acids is 1. The summed E-state index contributed by atoms with van der Waals surface area (Å²) < 4.78 is 5.43. The predicted molar refractivity (Wildman–Crippen MR) is 97.7 cm³/mol. The molecule has 1 saturated heterocycles. The van der Waals surface area contributed by atoms with Gasteiger partial charge in [0.25, 0.3) is 0 Å². The average molecular weight is 340 g/mol. The molecule has 0 aliphatic carbocycles. The molecule has 1 amide bonds. The fourth-order valence-electron chi connectivity index (χ4n) is 3.12. The summed E-state index contributed by atoms with van der Waals surface area (Å²) in [5.74, 6) is 0.847. The van der Waals surface area contributed by atoms with Crippen molar-refractivity contribution in [3.63, 3.8) is 0 Å². The number of benzene rings is 1. The Hall–Kier alpha value is -2.60. The van der Waals surface area contributed by atoms with E-state index in [1.54, 1.807) is 13.3 Å². The highest BCUT2D eigenvalue weighted by Crippen LogP contribution is 2.28. The van der Waals surface area contributed by atoms with Crippen molar-refractivity contribution >= 4 is 11.6 Å². The van der Waals surface area contributed by atoms with Crippen LogP contribution < -0.4 is 15.4 Å². The van der Waals surface area contributed by atoms with Crippen molar-refractivity contribution in [1.82, 2.24) is 9.88 Å². The molecule has 1 unspecified atom stereocenters. The number of nitrogens with zero attached hydrogens (tertiary/aromatic N) is 3. The van der Waals surface area contributed by atoms with Gasteiger partial charge >= 0.3 is 0 Å². The number of aromatic nitrogens is 1. The smallest absolute Gasteiger partial charge is 0.240 e. The predicted octanol–water partition coefficient (Wildman–Crippen LogP) is 1.31. The zero-order valence-corrected chi connectivity index (χ0v) is 14.5. The molecule has 132 valence electrons. The number of pyridine rings is 1. The van der Waals surface area contributed by atoms with Crippen molar-refractivity contribution in [2.24, 2.45) is 5.73 Å². The summed E-state index contributed by atoms with van der Waals surface area (Å²) in [5.41, 5.74) is 8.01. The summed E-state index contributed by atoms with van der Waals surface area (Å²) in [6.07, 6.45) is 2.19. The topological polar surface area (TPSA) is 71.7 Å². The Balaban J connectivity index is 1.57. The molecule has 0 radical (unpaired) electrons. The second kappa shape index (κ2) is 7.98. The Morgan fingerprint density at radius 3 is 2.56 bits per heavy atom. The van der Waals surface area contributed by atoms with Gasteiger partial charge in [-0.15, -0.1) is 0 Å². The highest BCUT2D eigenvalue weighted by Gasteiger charge is 2.26. The Morgan fingerprint density at radius 1 is 1.16 bits per heavy atom. The number of para-hydroxylation sites is 2. The average Bonchev–Trinajstić information content (AvgIpc) is 2.68. The molecule has 0 bridgehead atoms. The Morgan fingerprint density at radius 2 is 1.88 bits per heavy atom. The number of carbonyl (C=O) groups is 1. The summed E-state index contributed by atoms with van der Waals surface area (Å²) in [5, 5.41) is 0. The second-order valence-electron chi connectivity index (χ2n) is 6.12. The molecule has 6 heteroatoms. The SMILES string of the molecule is COc1ccccc1N1CCN(C(=O)C(N)Cc2ccccn2)CC1. The number of methoxy groups -OCH3 is 1. The van der Waals surface area contributed by atoms with Crippen LogP contribution in [0.15, 0.2) is 48.7 Å². The Labute approximate surface area is 148 Å². The first-order valence-electron chi connectivity index (χ1n) is 8.51. The lowest BCUT2D eigenvalue weighted by molar-refractivity contribution is -0.132. The van der Waals surface area contributed by atoms with Gasteiger partial charge in [0, 0.05) is 44.5 Å². The van der Waals surface area contributed by atoms with Crippen molar-refractivity contribution < 1.29 is 9.53 Å². The Bertz CT molecular complexity index is 700. The second-order valence-corrected chi connectivity index (χ2v) is 6.12. The van der Waals surface area contributed by atoms with Crippen molar-refractivity contribution in [3.05, 3.63) is 54.4 Å². The lowest BCUT2D eigenvalue weighted by Gasteiger charge is -2.37. The van der Waals surface area contributed by atoms with E-state index in [4.69, 9.17) is 10.5 Å². The minimum Gasteiger partial charge on any atom is -0.495 e. The quantitative estimate of drug-likeness (QED) is 0.888. The van der Waals surface area contributed by atoms with Gasteiger partial charge in [-0.1, -0.05) is 18.2 Å². The molecule has 2 N–H and O–H groups in total. The molecule has 2 heterocycles. The van der Waals surface area contributed by atoms with Crippen LogP contribution in [0.2, 0.25) is 0 Å². The fraction of sp³-hybridized carbons (Fsp3) is 0.368. The number of anilines is 1. The Kier molecular flexibility index (Phi) is 5.50. The maximum atomic E-state index is 12.6. The van der Waals surface area contributed by atoms with Crippen LogP contribution in [0.4, 0.5) is 5.69 Å². The molecule has 1 aromatic carbocycles. The van der Waals surface area contributed by atoms with E-state index in [0.29, 0.717) is 19.5 Å². The molecule has 1 aliphatic heterocycles. The third kappa shape index (κ3) is 4.09. The molecule has 2 aromatic rings. The van der Waals surface area contributed by atoms with E-state index in [2.05, 4.69) is 9.88 Å². The molecule has 1 fully saturated rings. The third-order valence-electron chi connectivity index (χ3n) is 4.49. The van der Waals surface area contributed by atoms with Gasteiger partial charge in [0.05, 0.1) is 18.8 Å². The van der Waals surface area contributed by atoms with Crippen molar-refractivity contribution in [2.45, 2.75) is 12.5 Å². The molecule has 0 spiro atoms. The summed E-state index contributed by atoms with van der Waals surface area (Å²) in [6, 6.07) is 13.1. The number of ether oxygens (including phenoxy) is 1. The number of rotatable bonds is 5. The van der Waals surface area contributed by atoms with Gasteiger partial charge in [0.2, 0.25) is 5.91 Å². The van der Waals surface area contributed by atoms with Crippen LogP contribution in [-0.2, 0) is 11.2 Å². The minimum absolute atomic E-state index is 0.00895. The van der Waals surface area contributed by atoms with Crippen LogP contribution in [0.25, 0.3) is 0 Å². The van der Waals surface area contributed by atoms with E-state index in [9.17, 15) is 4.79 Å². The van der Waals surface area contributed by atoms with Gasteiger partial charge in [-0.3, -0.25) is 9.78 Å². The minimum atomic E-state index is -0.548. The largest absolute Gasteiger partial charge is 0.495 e. The van der Waals surface area contributed by atoms with Crippen LogP contribution >= 0.6 is 0 Å². The first-order chi connectivity index (χ1) is 12.2. The molecule has 0 saturated carbocycles. The van der Waals surface area contributed by atoms with Gasteiger partial charge < -0.3 is 20.3 Å². The standard InChI is InChI=1S/C19H24N4O2/c1-25-18-8-3-2-7-17(18)22-10-12-23(13-11-22)19(24)16(20)14-15-6-4-5-9-21-15/h2-9,16H,10-14,20H2,1H3. The lowest BCUT2D eigenvalue weighted by Crippen LogP contribution is -2.53. The summed E-state index contributed by atoms with van der Waals surface area (Å²) in [4.78, 5) is 20.9. The maximum absolute atomic E-state index is 12.6. The number of hydrogen-bond acceptors (Lipinski definition) is 5. The number of amides is 1. The highest BCUT2D eigenvalue weighted by atomic mass is 16.5. The number of nitrogens with two attached hydrogens (primary N) is 1. The van der Waals surface area contributed by atoms with Gasteiger partial charge in [-0.25, -0.2) is 0 Å². The molecular weight excluding hydrogens is 316 g/mol. The summed E-state index contributed by atoms with van der Waals surface area (Å²) in [6.45, 7) is 2.85. The van der Waals surface area contributed by atoms with E-state index >= 15 is 0 Å². The molecule has 1 atom stereocenters. The zero-order valence-electron chi connectivity index (χ0n) is 14.5. The van der Waals surface area contributed by atoms with Crippen LogP contribution in [0, 0.1) is 0 Å². The third-order valence-corrected chi connectivity index (χ3v) is 4.49. The molecule has 6 nitrogen and oxygen atoms in total. The first kappa shape index (κ1) is 17.2. The van der Waals surface area contributed by atoms with Crippen molar-refractivity contribution in [1.29, 1.82) is 0 Å². The molecule has 1 aliphatic rings. The molecular formula is C19H24N4O2. The number of piperazine rings is 1. The fourth-order valence-corrected chi connectivity index (χ4v) is 3.12. The monoisotopic (exact) mass is 340 g/mol. The van der Waals surface area contributed by atoms with E-state index in [1.807, 2.05) is 47.4 Å². The van der Waals surface area contributed by atoms with Crippen molar-refractivity contribution in [3.8, 4) is 5.75 Å². The van der Waals surface area contributed by atoms with Crippen LogP contribution in [-0.4, -0.2) is 55.1 Å². The first-order valence-corrected chi connectivity index (χ1v) is 8.51. The maximum Gasteiger partial charge on any atom is 0.240 e. The number of hydrogen-bond donors (Lipinski definition) is 1.